The molecule has 1 saturated carbocycles. The van der Waals surface area contributed by atoms with Crippen molar-refractivity contribution in [1.29, 1.82) is 0 Å². The van der Waals surface area contributed by atoms with Crippen molar-refractivity contribution in [2.45, 2.75) is 65.0 Å². The first-order chi connectivity index (χ1) is 9.62. The second-order valence-electron chi connectivity index (χ2n) is 6.85. The van der Waals surface area contributed by atoms with Crippen LogP contribution in [-0.2, 0) is 6.42 Å². The number of fused-ring (bicyclic) bond motifs is 1. The van der Waals surface area contributed by atoms with Gasteiger partial charge in [0.15, 0.2) is 0 Å². The molecule has 1 aromatic carbocycles. The molecule has 1 aliphatic carbocycles. The SMILES string of the molecule is CCNC(c1ccc2c(c1)CC(C)O2)C1(C)CCCC1. The fraction of sp³-hybridized carbons (Fsp3) is 0.667. The monoisotopic (exact) mass is 273 g/mol. The Morgan fingerprint density at radius 1 is 1.35 bits per heavy atom. The average molecular weight is 273 g/mol. The van der Waals surface area contributed by atoms with Gasteiger partial charge in [0.2, 0.25) is 0 Å². The van der Waals surface area contributed by atoms with Gasteiger partial charge in [-0.1, -0.05) is 38.8 Å². The van der Waals surface area contributed by atoms with Crippen molar-refractivity contribution in [3.63, 3.8) is 0 Å². The maximum atomic E-state index is 5.83. The van der Waals surface area contributed by atoms with E-state index in [0.717, 1.165) is 18.7 Å². The van der Waals surface area contributed by atoms with Crippen molar-refractivity contribution in [3.05, 3.63) is 29.3 Å². The summed E-state index contributed by atoms with van der Waals surface area (Å²) in [5, 5.41) is 3.74. The van der Waals surface area contributed by atoms with E-state index in [1.165, 1.54) is 36.8 Å². The Kier molecular flexibility index (Phi) is 3.76. The molecule has 2 nitrogen and oxygen atoms in total. The van der Waals surface area contributed by atoms with Crippen molar-refractivity contribution >= 4 is 0 Å². The Balaban J connectivity index is 1.90. The van der Waals surface area contributed by atoms with Crippen molar-refractivity contribution in [3.8, 4) is 5.75 Å². The minimum Gasteiger partial charge on any atom is -0.490 e. The Bertz CT molecular complexity index is 476. The zero-order valence-corrected chi connectivity index (χ0v) is 13.0. The lowest BCUT2D eigenvalue weighted by atomic mass is 9.77. The minimum atomic E-state index is 0.333. The third-order valence-electron chi connectivity index (χ3n) is 5.10. The van der Waals surface area contributed by atoms with Gasteiger partial charge in [0.05, 0.1) is 0 Å². The average Bonchev–Trinajstić information content (AvgIpc) is 3.00. The van der Waals surface area contributed by atoms with Crippen LogP contribution in [0, 0.1) is 5.41 Å². The summed E-state index contributed by atoms with van der Waals surface area (Å²) in [6, 6.07) is 7.32. The van der Waals surface area contributed by atoms with E-state index in [1.54, 1.807) is 0 Å². The summed E-state index contributed by atoms with van der Waals surface area (Å²) in [6.45, 7) is 7.85. The van der Waals surface area contributed by atoms with Gasteiger partial charge < -0.3 is 10.1 Å². The Morgan fingerprint density at radius 3 is 2.80 bits per heavy atom. The van der Waals surface area contributed by atoms with E-state index >= 15 is 0 Å². The highest BCUT2D eigenvalue weighted by Gasteiger charge is 2.37. The van der Waals surface area contributed by atoms with E-state index in [1.807, 2.05) is 0 Å². The molecule has 1 aliphatic heterocycles. The minimum absolute atomic E-state index is 0.333. The smallest absolute Gasteiger partial charge is 0.123 e. The molecule has 20 heavy (non-hydrogen) atoms. The van der Waals surface area contributed by atoms with Crippen molar-refractivity contribution < 1.29 is 4.74 Å². The quantitative estimate of drug-likeness (QED) is 0.886. The van der Waals surface area contributed by atoms with Crippen LogP contribution in [0.2, 0.25) is 0 Å². The van der Waals surface area contributed by atoms with Crippen molar-refractivity contribution in [1.82, 2.24) is 5.32 Å². The van der Waals surface area contributed by atoms with E-state index in [0.29, 0.717) is 17.6 Å². The highest BCUT2D eigenvalue weighted by atomic mass is 16.5. The fourth-order valence-corrected chi connectivity index (χ4v) is 4.06. The van der Waals surface area contributed by atoms with E-state index in [9.17, 15) is 0 Å². The molecule has 0 radical (unpaired) electrons. The molecule has 1 N–H and O–H groups in total. The van der Waals surface area contributed by atoms with Crippen LogP contribution >= 0.6 is 0 Å². The summed E-state index contributed by atoms with van der Waals surface area (Å²) < 4.78 is 5.83. The Morgan fingerprint density at radius 2 is 2.10 bits per heavy atom. The molecule has 0 aromatic heterocycles. The second kappa shape index (κ2) is 5.40. The maximum Gasteiger partial charge on any atom is 0.123 e. The molecule has 3 rings (SSSR count). The first-order valence-corrected chi connectivity index (χ1v) is 8.15. The predicted octanol–water partition coefficient (Wildman–Crippen LogP) is 4.24. The molecule has 0 spiro atoms. The first kappa shape index (κ1) is 13.9. The standard InChI is InChI=1S/C18H27NO/c1-4-19-17(18(3)9-5-6-10-18)14-7-8-16-15(12-14)11-13(2)20-16/h7-8,12-13,17,19H,4-6,9-11H2,1-3H3. The third-order valence-corrected chi connectivity index (χ3v) is 5.10. The highest BCUT2D eigenvalue weighted by molar-refractivity contribution is 5.42. The van der Waals surface area contributed by atoms with Crippen LogP contribution < -0.4 is 10.1 Å². The van der Waals surface area contributed by atoms with Gasteiger partial charge in [-0.25, -0.2) is 0 Å². The predicted molar refractivity (Wildman–Crippen MR) is 83.2 cm³/mol. The molecule has 2 unspecified atom stereocenters. The summed E-state index contributed by atoms with van der Waals surface area (Å²) in [5.74, 6) is 1.09. The Hall–Kier alpha value is -1.02. The van der Waals surface area contributed by atoms with Gasteiger partial charge in [0.1, 0.15) is 11.9 Å². The van der Waals surface area contributed by atoms with Crippen LogP contribution in [0.25, 0.3) is 0 Å². The van der Waals surface area contributed by atoms with E-state index in [-0.39, 0.29) is 0 Å². The zero-order valence-electron chi connectivity index (χ0n) is 13.0. The highest BCUT2D eigenvalue weighted by Crippen LogP contribution is 2.48. The topological polar surface area (TPSA) is 21.3 Å². The molecule has 0 saturated heterocycles. The van der Waals surface area contributed by atoms with Crippen LogP contribution in [0.3, 0.4) is 0 Å². The van der Waals surface area contributed by atoms with Crippen LogP contribution in [0.15, 0.2) is 18.2 Å². The summed E-state index contributed by atoms with van der Waals surface area (Å²) >= 11 is 0. The number of hydrogen-bond donors (Lipinski definition) is 1. The lowest BCUT2D eigenvalue weighted by Gasteiger charge is -2.35. The summed E-state index contributed by atoms with van der Waals surface area (Å²) in [7, 11) is 0. The molecule has 0 bridgehead atoms. The lowest BCUT2D eigenvalue weighted by molar-refractivity contribution is 0.226. The van der Waals surface area contributed by atoms with Gasteiger partial charge in [-0.3, -0.25) is 0 Å². The van der Waals surface area contributed by atoms with E-state index in [4.69, 9.17) is 4.74 Å². The number of rotatable bonds is 4. The molecular weight excluding hydrogens is 246 g/mol. The summed E-state index contributed by atoms with van der Waals surface area (Å²) in [6.07, 6.45) is 6.83. The fourth-order valence-electron chi connectivity index (χ4n) is 4.06. The Labute approximate surface area is 122 Å². The molecule has 110 valence electrons. The van der Waals surface area contributed by atoms with Crippen LogP contribution in [0.5, 0.6) is 5.75 Å². The molecule has 1 fully saturated rings. The molecule has 2 heteroatoms. The van der Waals surface area contributed by atoms with Gasteiger partial charge >= 0.3 is 0 Å². The maximum absolute atomic E-state index is 5.83. The number of ether oxygens (including phenoxy) is 1. The lowest BCUT2D eigenvalue weighted by Crippen LogP contribution is -2.34. The second-order valence-corrected chi connectivity index (χ2v) is 6.85. The number of benzene rings is 1. The van der Waals surface area contributed by atoms with Crippen LogP contribution in [0.4, 0.5) is 0 Å². The van der Waals surface area contributed by atoms with Gasteiger partial charge in [-0.2, -0.15) is 0 Å². The van der Waals surface area contributed by atoms with E-state index in [2.05, 4.69) is 44.3 Å². The molecule has 2 atom stereocenters. The van der Waals surface area contributed by atoms with Crippen molar-refractivity contribution in [2.24, 2.45) is 5.41 Å². The molecule has 0 amide bonds. The van der Waals surface area contributed by atoms with E-state index < -0.39 is 0 Å². The number of nitrogens with one attached hydrogen (secondary N) is 1. The van der Waals surface area contributed by atoms with Crippen LogP contribution in [-0.4, -0.2) is 12.6 Å². The van der Waals surface area contributed by atoms with Gasteiger partial charge in [0.25, 0.3) is 0 Å². The van der Waals surface area contributed by atoms with Gasteiger partial charge in [-0.15, -0.1) is 0 Å². The normalized spacial score (nSPS) is 25.2. The van der Waals surface area contributed by atoms with Crippen LogP contribution in [0.1, 0.15) is 63.6 Å². The molecule has 2 aliphatic rings. The number of hydrogen-bond acceptors (Lipinski definition) is 2. The molecule has 1 heterocycles. The van der Waals surface area contributed by atoms with Gasteiger partial charge in [-0.05, 0) is 48.9 Å². The van der Waals surface area contributed by atoms with Crippen molar-refractivity contribution in [2.75, 3.05) is 6.54 Å². The third kappa shape index (κ3) is 2.46. The molecular formula is C18H27NO. The first-order valence-electron chi connectivity index (χ1n) is 8.15. The zero-order chi connectivity index (χ0) is 14.2. The summed E-state index contributed by atoms with van der Waals surface area (Å²) in [4.78, 5) is 0. The summed E-state index contributed by atoms with van der Waals surface area (Å²) in [5.41, 5.74) is 3.25. The van der Waals surface area contributed by atoms with Gasteiger partial charge in [0, 0.05) is 12.5 Å². The largest absolute Gasteiger partial charge is 0.490 e. The molecule has 1 aromatic rings.